The Bertz CT molecular complexity index is 277. The quantitative estimate of drug-likeness (QED) is 0.577. The summed E-state index contributed by atoms with van der Waals surface area (Å²) in [6.07, 6.45) is 0.0226. The number of carboxylic acid groups (broad SMARTS) is 1. The summed E-state index contributed by atoms with van der Waals surface area (Å²) in [5.41, 5.74) is 0. The summed E-state index contributed by atoms with van der Waals surface area (Å²) in [5.74, 6) is -1.12. The second-order valence-corrected chi connectivity index (χ2v) is 4.14. The molecular formula is C10H19N3O4. The summed E-state index contributed by atoms with van der Waals surface area (Å²) in [7, 11) is 1.97. The predicted octanol–water partition coefficient (Wildman–Crippen LogP) is -1.22. The van der Waals surface area contributed by atoms with Gasteiger partial charge >= 0.3 is 12.0 Å². The first-order chi connectivity index (χ1) is 8.04. The van der Waals surface area contributed by atoms with E-state index in [1.807, 2.05) is 7.05 Å². The highest BCUT2D eigenvalue weighted by Crippen LogP contribution is 2.01. The molecule has 98 valence electrons. The summed E-state index contributed by atoms with van der Waals surface area (Å²) in [6.45, 7) is 2.48. The van der Waals surface area contributed by atoms with Crippen LogP contribution in [0.15, 0.2) is 0 Å². The number of hydrogen-bond donors (Lipinski definition) is 3. The molecule has 1 saturated heterocycles. The number of aliphatic hydroxyl groups excluding tert-OH is 1. The highest BCUT2D eigenvalue weighted by atomic mass is 16.4. The minimum Gasteiger partial charge on any atom is -0.480 e. The maximum atomic E-state index is 11.7. The number of hydrogen-bond acceptors (Lipinski definition) is 4. The summed E-state index contributed by atoms with van der Waals surface area (Å²) in [5, 5.41) is 20.0. The van der Waals surface area contributed by atoms with Gasteiger partial charge in [0, 0.05) is 39.2 Å². The number of nitrogens with zero attached hydrogens (tertiary/aromatic N) is 2. The van der Waals surface area contributed by atoms with Crippen molar-refractivity contribution in [1.29, 1.82) is 0 Å². The number of nitrogens with one attached hydrogen (secondary N) is 1. The van der Waals surface area contributed by atoms with Gasteiger partial charge in [0.2, 0.25) is 0 Å². The lowest BCUT2D eigenvalue weighted by Gasteiger charge is -2.33. The Morgan fingerprint density at radius 1 is 1.29 bits per heavy atom. The van der Waals surface area contributed by atoms with Crippen LogP contribution in [0.2, 0.25) is 0 Å². The van der Waals surface area contributed by atoms with E-state index in [0.717, 1.165) is 13.1 Å². The van der Waals surface area contributed by atoms with Crippen molar-refractivity contribution in [3.8, 4) is 0 Å². The van der Waals surface area contributed by atoms with E-state index in [9.17, 15) is 9.59 Å². The number of carbonyl (C=O) groups is 2. The van der Waals surface area contributed by atoms with Crippen LogP contribution in [0.1, 0.15) is 6.42 Å². The van der Waals surface area contributed by atoms with Gasteiger partial charge in [0.1, 0.15) is 6.04 Å². The van der Waals surface area contributed by atoms with Crippen LogP contribution >= 0.6 is 0 Å². The van der Waals surface area contributed by atoms with Crippen LogP contribution in [0.25, 0.3) is 0 Å². The standard InChI is InChI=1S/C10H19N3O4/c1-12-3-5-13(6-4-12)10(17)11-8(2-7-14)9(15)16/h8,14H,2-7H2,1H3,(H,11,17)(H,15,16)/t8-/m0/s1. The van der Waals surface area contributed by atoms with Gasteiger partial charge in [0.15, 0.2) is 0 Å². The number of urea groups is 1. The average Bonchev–Trinajstić information content (AvgIpc) is 2.29. The van der Waals surface area contributed by atoms with Crippen LogP contribution in [0, 0.1) is 0 Å². The fourth-order valence-corrected chi connectivity index (χ4v) is 1.64. The van der Waals surface area contributed by atoms with Gasteiger partial charge in [-0.25, -0.2) is 9.59 Å². The van der Waals surface area contributed by atoms with Crippen molar-refractivity contribution >= 4 is 12.0 Å². The second kappa shape index (κ2) is 6.41. The van der Waals surface area contributed by atoms with E-state index in [2.05, 4.69) is 10.2 Å². The largest absolute Gasteiger partial charge is 0.480 e. The minimum absolute atomic E-state index is 0.0226. The molecule has 1 heterocycles. The molecule has 1 atom stereocenters. The molecule has 2 amide bonds. The topological polar surface area (TPSA) is 93.1 Å². The molecule has 1 rings (SSSR count). The van der Waals surface area contributed by atoms with Crippen LogP contribution in [0.4, 0.5) is 4.79 Å². The summed E-state index contributed by atoms with van der Waals surface area (Å²) in [6, 6.07) is -1.40. The van der Waals surface area contributed by atoms with Gasteiger partial charge < -0.3 is 25.3 Å². The van der Waals surface area contributed by atoms with Gasteiger partial charge in [0.05, 0.1) is 0 Å². The van der Waals surface area contributed by atoms with Crippen LogP contribution < -0.4 is 5.32 Å². The van der Waals surface area contributed by atoms with Crippen LogP contribution in [-0.4, -0.2) is 77.9 Å². The number of carbonyl (C=O) groups excluding carboxylic acids is 1. The zero-order valence-corrected chi connectivity index (χ0v) is 9.93. The fourth-order valence-electron chi connectivity index (χ4n) is 1.64. The van der Waals surface area contributed by atoms with Crippen molar-refractivity contribution in [3.63, 3.8) is 0 Å². The minimum atomic E-state index is -1.12. The first-order valence-corrected chi connectivity index (χ1v) is 5.62. The molecule has 0 saturated carbocycles. The van der Waals surface area contributed by atoms with Crippen LogP contribution in [-0.2, 0) is 4.79 Å². The molecule has 0 aromatic heterocycles. The van der Waals surface area contributed by atoms with Crippen molar-refractivity contribution in [2.45, 2.75) is 12.5 Å². The van der Waals surface area contributed by atoms with Crippen molar-refractivity contribution in [1.82, 2.24) is 15.1 Å². The van der Waals surface area contributed by atoms with Crippen molar-refractivity contribution in [3.05, 3.63) is 0 Å². The third kappa shape index (κ3) is 4.20. The normalized spacial score (nSPS) is 18.8. The Morgan fingerprint density at radius 2 is 1.88 bits per heavy atom. The Kier molecular flexibility index (Phi) is 5.17. The highest BCUT2D eigenvalue weighted by Gasteiger charge is 2.24. The zero-order chi connectivity index (χ0) is 12.8. The molecule has 17 heavy (non-hydrogen) atoms. The highest BCUT2D eigenvalue weighted by molar-refractivity contribution is 5.82. The molecule has 7 nitrogen and oxygen atoms in total. The summed E-state index contributed by atoms with van der Waals surface area (Å²) >= 11 is 0. The van der Waals surface area contributed by atoms with Gasteiger partial charge in [-0.3, -0.25) is 0 Å². The molecule has 3 N–H and O–H groups in total. The van der Waals surface area contributed by atoms with Gasteiger partial charge in [0.25, 0.3) is 0 Å². The Balaban J connectivity index is 2.44. The number of aliphatic hydroxyl groups is 1. The van der Waals surface area contributed by atoms with Crippen LogP contribution in [0.3, 0.4) is 0 Å². The number of amides is 2. The smallest absolute Gasteiger partial charge is 0.326 e. The molecular weight excluding hydrogens is 226 g/mol. The monoisotopic (exact) mass is 245 g/mol. The molecule has 7 heteroatoms. The molecule has 0 unspecified atom stereocenters. The Morgan fingerprint density at radius 3 is 2.35 bits per heavy atom. The molecule has 1 fully saturated rings. The molecule has 1 aliphatic rings. The maximum Gasteiger partial charge on any atom is 0.326 e. The summed E-state index contributed by atoms with van der Waals surface area (Å²) in [4.78, 5) is 26.2. The van der Waals surface area contributed by atoms with E-state index in [1.54, 1.807) is 4.90 Å². The van der Waals surface area contributed by atoms with E-state index < -0.39 is 12.0 Å². The summed E-state index contributed by atoms with van der Waals surface area (Å²) < 4.78 is 0. The Labute approximate surface area is 100.0 Å². The molecule has 0 radical (unpaired) electrons. The molecule has 0 aliphatic carbocycles. The Hall–Kier alpha value is -1.34. The van der Waals surface area contributed by atoms with Gasteiger partial charge in [-0.05, 0) is 7.05 Å². The molecule has 0 spiro atoms. The molecule has 0 aromatic rings. The van der Waals surface area contributed by atoms with Crippen molar-refractivity contribution in [2.24, 2.45) is 0 Å². The molecule has 0 aromatic carbocycles. The third-order valence-corrected chi connectivity index (χ3v) is 2.80. The van der Waals surface area contributed by atoms with Gasteiger partial charge in [-0.2, -0.15) is 0 Å². The predicted molar refractivity (Wildman–Crippen MR) is 60.7 cm³/mol. The first kappa shape index (κ1) is 13.7. The number of carboxylic acids is 1. The third-order valence-electron chi connectivity index (χ3n) is 2.80. The van der Waals surface area contributed by atoms with E-state index in [4.69, 9.17) is 10.2 Å². The number of aliphatic carboxylic acids is 1. The zero-order valence-electron chi connectivity index (χ0n) is 9.93. The van der Waals surface area contributed by atoms with E-state index in [1.165, 1.54) is 0 Å². The fraction of sp³-hybridized carbons (Fsp3) is 0.800. The molecule has 0 bridgehead atoms. The van der Waals surface area contributed by atoms with E-state index in [-0.39, 0.29) is 19.1 Å². The number of likely N-dealkylation sites (N-methyl/N-ethyl adjacent to an activating group) is 1. The van der Waals surface area contributed by atoms with E-state index in [0.29, 0.717) is 13.1 Å². The average molecular weight is 245 g/mol. The van der Waals surface area contributed by atoms with Crippen molar-refractivity contribution < 1.29 is 19.8 Å². The van der Waals surface area contributed by atoms with Crippen LogP contribution in [0.5, 0.6) is 0 Å². The lowest BCUT2D eigenvalue weighted by molar-refractivity contribution is -0.139. The lowest BCUT2D eigenvalue weighted by Crippen LogP contribution is -2.54. The second-order valence-electron chi connectivity index (χ2n) is 4.14. The van der Waals surface area contributed by atoms with Gasteiger partial charge in [-0.15, -0.1) is 0 Å². The number of rotatable bonds is 4. The van der Waals surface area contributed by atoms with Crippen molar-refractivity contribution in [2.75, 3.05) is 39.8 Å². The SMILES string of the molecule is CN1CCN(C(=O)N[C@@H](CCO)C(=O)O)CC1. The maximum absolute atomic E-state index is 11.7. The lowest BCUT2D eigenvalue weighted by atomic mass is 10.2. The first-order valence-electron chi connectivity index (χ1n) is 5.62. The molecule has 1 aliphatic heterocycles. The number of piperazine rings is 1. The van der Waals surface area contributed by atoms with E-state index >= 15 is 0 Å². The van der Waals surface area contributed by atoms with Gasteiger partial charge in [-0.1, -0.05) is 0 Å².